The Kier molecular flexibility index (Phi) is 7.91. The molecule has 1 aromatic heterocycles. The molecule has 0 amide bonds. The zero-order valence-electron chi connectivity index (χ0n) is 20.4. The standard InChI is InChI=1S/C27H25N3O4S3/c1-17-9-15-22(16-10-17)37(32,33)30-21-13-11-20(12-14-21)28-27(35)29-25-24(26(31)34-3)23(18(2)36-25)19-7-5-4-6-8-19/h4-16,30H,1-3H3,(H2,28,29,35). The number of esters is 1. The third kappa shape index (κ3) is 6.16. The highest BCUT2D eigenvalue weighted by atomic mass is 32.2. The molecule has 4 aromatic rings. The van der Waals surface area contributed by atoms with E-state index in [-0.39, 0.29) is 10.0 Å². The first-order valence-corrected chi connectivity index (χ1v) is 13.9. The predicted molar refractivity (Wildman–Crippen MR) is 154 cm³/mol. The van der Waals surface area contributed by atoms with Gasteiger partial charge in [0.25, 0.3) is 10.0 Å². The maximum atomic E-state index is 12.7. The second-order valence-corrected chi connectivity index (χ2v) is 11.5. The van der Waals surface area contributed by atoms with E-state index in [1.165, 1.54) is 18.4 Å². The lowest BCUT2D eigenvalue weighted by molar-refractivity contribution is 0.0603. The molecule has 0 aliphatic heterocycles. The number of sulfonamides is 1. The molecular formula is C27H25N3O4S3. The molecule has 1 heterocycles. The van der Waals surface area contributed by atoms with Crippen LogP contribution >= 0.6 is 23.6 Å². The first-order valence-electron chi connectivity index (χ1n) is 11.2. The van der Waals surface area contributed by atoms with E-state index in [9.17, 15) is 13.2 Å². The van der Waals surface area contributed by atoms with Crippen molar-refractivity contribution in [1.29, 1.82) is 0 Å². The fourth-order valence-corrected chi connectivity index (χ4v) is 6.11. The van der Waals surface area contributed by atoms with Gasteiger partial charge < -0.3 is 15.4 Å². The van der Waals surface area contributed by atoms with Crippen molar-refractivity contribution >= 4 is 61.0 Å². The number of carbonyl (C=O) groups is 1. The molecule has 3 N–H and O–H groups in total. The number of hydrogen-bond acceptors (Lipinski definition) is 6. The van der Waals surface area contributed by atoms with E-state index in [1.807, 2.05) is 44.2 Å². The Labute approximate surface area is 225 Å². The first-order chi connectivity index (χ1) is 17.7. The molecule has 0 saturated carbocycles. The summed E-state index contributed by atoms with van der Waals surface area (Å²) >= 11 is 6.90. The summed E-state index contributed by atoms with van der Waals surface area (Å²) in [5.74, 6) is -0.460. The number of anilines is 3. The van der Waals surface area contributed by atoms with E-state index in [1.54, 1.807) is 48.5 Å². The molecular weight excluding hydrogens is 527 g/mol. The van der Waals surface area contributed by atoms with Crippen molar-refractivity contribution < 1.29 is 17.9 Å². The molecule has 0 atom stereocenters. The van der Waals surface area contributed by atoms with Gasteiger partial charge in [0.1, 0.15) is 10.6 Å². The summed E-state index contributed by atoms with van der Waals surface area (Å²) in [5, 5.41) is 7.03. The number of thiophene rings is 1. The first kappa shape index (κ1) is 26.3. The highest BCUT2D eigenvalue weighted by Gasteiger charge is 2.24. The van der Waals surface area contributed by atoms with Gasteiger partial charge in [0.2, 0.25) is 0 Å². The predicted octanol–water partition coefficient (Wildman–Crippen LogP) is 6.43. The van der Waals surface area contributed by atoms with E-state index in [0.29, 0.717) is 21.9 Å². The molecule has 0 unspecified atom stereocenters. The van der Waals surface area contributed by atoms with Crippen molar-refractivity contribution in [2.75, 3.05) is 22.5 Å². The molecule has 4 rings (SSSR count). The van der Waals surface area contributed by atoms with Crippen LogP contribution in [0.5, 0.6) is 0 Å². The number of carbonyl (C=O) groups excluding carboxylic acids is 1. The average molecular weight is 552 g/mol. The minimum atomic E-state index is -3.70. The maximum absolute atomic E-state index is 12.7. The Hall–Kier alpha value is -3.73. The molecule has 0 spiro atoms. The van der Waals surface area contributed by atoms with Gasteiger partial charge in [-0.1, -0.05) is 48.0 Å². The fourth-order valence-electron chi connectivity index (χ4n) is 3.70. The van der Waals surface area contributed by atoms with Crippen LogP contribution in [0.3, 0.4) is 0 Å². The fraction of sp³-hybridized carbons (Fsp3) is 0.111. The van der Waals surface area contributed by atoms with Crippen molar-refractivity contribution in [1.82, 2.24) is 0 Å². The Bertz CT molecular complexity index is 1530. The number of nitrogens with one attached hydrogen (secondary N) is 3. The Morgan fingerprint density at radius 2 is 1.49 bits per heavy atom. The molecule has 37 heavy (non-hydrogen) atoms. The monoisotopic (exact) mass is 551 g/mol. The van der Waals surface area contributed by atoms with Gasteiger partial charge in [-0.2, -0.15) is 0 Å². The Morgan fingerprint density at radius 3 is 2.11 bits per heavy atom. The molecule has 3 aromatic carbocycles. The summed E-state index contributed by atoms with van der Waals surface area (Å²) in [6.07, 6.45) is 0. The van der Waals surface area contributed by atoms with Gasteiger partial charge in [0.05, 0.1) is 12.0 Å². The summed E-state index contributed by atoms with van der Waals surface area (Å²) in [5.41, 5.74) is 4.17. The minimum absolute atomic E-state index is 0.188. The van der Waals surface area contributed by atoms with Gasteiger partial charge in [-0.25, -0.2) is 13.2 Å². The number of benzene rings is 3. The smallest absolute Gasteiger partial charge is 0.341 e. The molecule has 0 bridgehead atoms. The number of methoxy groups -OCH3 is 1. The van der Waals surface area contributed by atoms with E-state index < -0.39 is 16.0 Å². The van der Waals surface area contributed by atoms with Crippen LogP contribution in [0.15, 0.2) is 83.8 Å². The van der Waals surface area contributed by atoms with E-state index >= 15 is 0 Å². The number of hydrogen-bond donors (Lipinski definition) is 3. The molecule has 7 nitrogen and oxygen atoms in total. The molecule has 0 radical (unpaired) electrons. The molecule has 190 valence electrons. The molecule has 10 heteroatoms. The quantitative estimate of drug-likeness (QED) is 0.180. The highest BCUT2D eigenvalue weighted by molar-refractivity contribution is 7.92. The average Bonchev–Trinajstić information content (AvgIpc) is 3.20. The largest absolute Gasteiger partial charge is 0.465 e. The van der Waals surface area contributed by atoms with Gasteiger partial charge in [0.15, 0.2) is 5.11 Å². The molecule has 0 aliphatic carbocycles. The van der Waals surface area contributed by atoms with Crippen LogP contribution in [0.25, 0.3) is 11.1 Å². The summed E-state index contributed by atoms with van der Waals surface area (Å²) < 4.78 is 32.9. The summed E-state index contributed by atoms with van der Waals surface area (Å²) in [6.45, 7) is 3.84. The van der Waals surface area contributed by atoms with Crippen molar-refractivity contribution in [2.24, 2.45) is 0 Å². The number of thiocarbonyl (C=S) groups is 1. The van der Waals surface area contributed by atoms with E-state index in [4.69, 9.17) is 17.0 Å². The minimum Gasteiger partial charge on any atom is -0.465 e. The lowest BCUT2D eigenvalue weighted by atomic mass is 10.0. The molecule has 0 saturated heterocycles. The van der Waals surface area contributed by atoms with E-state index in [2.05, 4.69) is 15.4 Å². The van der Waals surface area contributed by atoms with Gasteiger partial charge in [-0.05, 0) is 68.0 Å². The maximum Gasteiger partial charge on any atom is 0.341 e. The van der Waals surface area contributed by atoms with Gasteiger partial charge in [-0.3, -0.25) is 4.72 Å². The highest BCUT2D eigenvalue weighted by Crippen LogP contribution is 2.40. The lowest BCUT2D eigenvalue weighted by Gasteiger charge is -2.12. The van der Waals surface area contributed by atoms with Gasteiger partial charge >= 0.3 is 5.97 Å². The van der Waals surface area contributed by atoms with Crippen LogP contribution in [-0.4, -0.2) is 26.6 Å². The van der Waals surface area contributed by atoms with Gasteiger partial charge in [-0.15, -0.1) is 11.3 Å². The number of rotatable bonds is 7. The van der Waals surface area contributed by atoms with Crippen LogP contribution < -0.4 is 15.4 Å². The van der Waals surface area contributed by atoms with Crippen LogP contribution in [-0.2, 0) is 14.8 Å². The molecule has 0 fully saturated rings. The van der Waals surface area contributed by atoms with Crippen molar-refractivity contribution in [3.05, 3.63) is 94.9 Å². The van der Waals surface area contributed by atoms with Crippen LogP contribution in [0.1, 0.15) is 20.8 Å². The van der Waals surface area contributed by atoms with E-state index in [0.717, 1.165) is 21.6 Å². The topological polar surface area (TPSA) is 96.5 Å². The SMILES string of the molecule is COC(=O)c1c(NC(=S)Nc2ccc(NS(=O)(=O)c3ccc(C)cc3)cc2)sc(C)c1-c1ccccc1. The van der Waals surface area contributed by atoms with Crippen LogP contribution in [0.2, 0.25) is 0 Å². The number of ether oxygens (including phenoxy) is 1. The zero-order chi connectivity index (χ0) is 26.6. The van der Waals surface area contributed by atoms with Crippen LogP contribution in [0.4, 0.5) is 16.4 Å². The van der Waals surface area contributed by atoms with Crippen molar-refractivity contribution in [2.45, 2.75) is 18.7 Å². The molecule has 0 aliphatic rings. The third-order valence-electron chi connectivity index (χ3n) is 5.49. The number of aryl methyl sites for hydroxylation is 2. The van der Waals surface area contributed by atoms with Crippen molar-refractivity contribution in [3.8, 4) is 11.1 Å². The second kappa shape index (κ2) is 11.1. The Morgan fingerprint density at radius 1 is 0.865 bits per heavy atom. The normalized spacial score (nSPS) is 11.0. The summed E-state index contributed by atoms with van der Waals surface area (Å²) in [7, 11) is -2.35. The summed E-state index contributed by atoms with van der Waals surface area (Å²) in [6, 6.07) is 22.9. The third-order valence-corrected chi connectivity index (χ3v) is 8.11. The second-order valence-electron chi connectivity index (χ2n) is 8.17. The zero-order valence-corrected chi connectivity index (χ0v) is 22.8. The van der Waals surface area contributed by atoms with Crippen molar-refractivity contribution in [3.63, 3.8) is 0 Å². The van der Waals surface area contributed by atoms with Gasteiger partial charge in [0, 0.05) is 21.8 Å². The van der Waals surface area contributed by atoms with Crippen LogP contribution in [0, 0.1) is 13.8 Å². The summed E-state index contributed by atoms with van der Waals surface area (Å²) in [4.78, 5) is 13.8. The Balaban J connectivity index is 1.48. The lowest BCUT2D eigenvalue weighted by Crippen LogP contribution is -2.20.